The van der Waals surface area contributed by atoms with Gasteiger partial charge in [-0.05, 0) is 48.9 Å². The Morgan fingerprint density at radius 2 is 1.80 bits per heavy atom. The van der Waals surface area contributed by atoms with Crippen molar-refractivity contribution in [2.75, 3.05) is 31.1 Å². The van der Waals surface area contributed by atoms with Crippen LogP contribution < -0.4 is 4.90 Å². The van der Waals surface area contributed by atoms with E-state index in [4.69, 9.17) is 0 Å². The summed E-state index contributed by atoms with van der Waals surface area (Å²) >= 11 is 0. The number of aliphatic hydroxyl groups is 1. The van der Waals surface area contributed by atoms with Crippen LogP contribution in [-0.2, 0) is 12.8 Å². The molecule has 0 spiro atoms. The molecule has 2 fully saturated rings. The lowest BCUT2D eigenvalue weighted by molar-refractivity contribution is 0.0764. The summed E-state index contributed by atoms with van der Waals surface area (Å²) in [6, 6.07) is 4.37. The number of aliphatic hydroxyl groups excluding tert-OH is 1. The standard InChI is InChI=1S/C30H33F2N7O2/c1-2-3-19-14-33-30(34-15-19)37-9-6-22(7-10-37)39-17-25(32)27-26(35-18-36-28(27)39)13-20-4-5-21(12-24(20)31)29(41)38-11-8-23(40)16-38/h4-5,12,14-15,17-18,22-23,40H,2-3,6-11,13,16H2,1H3/t23-/m0/s1. The van der Waals surface area contributed by atoms with Crippen molar-refractivity contribution in [1.29, 1.82) is 0 Å². The molecule has 0 radical (unpaired) electrons. The van der Waals surface area contributed by atoms with Crippen LogP contribution in [0.5, 0.6) is 0 Å². The second-order valence-corrected chi connectivity index (χ2v) is 10.9. The van der Waals surface area contributed by atoms with Crippen molar-refractivity contribution >= 4 is 22.9 Å². The lowest BCUT2D eigenvalue weighted by Crippen LogP contribution is -2.35. The van der Waals surface area contributed by atoms with E-state index in [1.165, 1.54) is 23.5 Å². The van der Waals surface area contributed by atoms with E-state index in [0.717, 1.165) is 44.3 Å². The number of fused-ring (bicyclic) bond motifs is 1. The molecule has 3 aromatic heterocycles. The summed E-state index contributed by atoms with van der Waals surface area (Å²) in [6.07, 6.45) is 10.2. The first-order valence-corrected chi connectivity index (χ1v) is 14.2. The van der Waals surface area contributed by atoms with Crippen LogP contribution in [0.4, 0.5) is 14.7 Å². The third kappa shape index (κ3) is 5.50. The molecule has 11 heteroatoms. The third-order valence-corrected chi connectivity index (χ3v) is 8.12. The summed E-state index contributed by atoms with van der Waals surface area (Å²) < 4.78 is 32.3. The zero-order chi connectivity index (χ0) is 28.5. The highest BCUT2D eigenvalue weighted by atomic mass is 19.1. The molecule has 214 valence electrons. The molecule has 2 aliphatic rings. The molecule has 9 nitrogen and oxygen atoms in total. The fourth-order valence-electron chi connectivity index (χ4n) is 5.90. The summed E-state index contributed by atoms with van der Waals surface area (Å²) in [6.45, 7) is 4.30. The molecular weight excluding hydrogens is 528 g/mol. The topological polar surface area (TPSA) is 100 Å². The Balaban J connectivity index is 1.17. The highest BCUT2D eigenvalue weighted by Crippen LogP contribution is 2.31. The highest BCUT2D eigenvalue weighted by Gasteiger charge is 2.27. The molecule has 1 aromatic carbocycles. The van der Waals surface area contributed by atoms with E-state index < -0.39 is 17.7 Å². The summed E-state index contributed by atoms with van der Waals surface area (Å²) in [5, 5.41) is 10.0. The third-order valence-electron chi connectivity index (χ3n) is 8.12. The minimum absolute atomic E-state index is 0.0477. The van der Waals surface area contributed by atoms with Crippen molar-refractivity contribution in [1.82, 2.24) is 29.4 Å². The molecule has 1 N–H and O–H groups in total. The maximum Gasteiger partial charge on any atom is 0.254 e. The SMILES string of the molecule is CCCc1cnc(N2CCC(n3cc(F)c4c(Cc5ccc(C(=O)N6CC[C@H](O)C6)cc5F)ncnc43)CC2)nc1. The smallest absolute Gasteiger partial charge is 0.254 e. The first kappa shape index (κ1) is 27.2. The number of anilines is 1. The van der Waals surface area contributed by atoms with E-state index in [-0.39, 0.29) is 35.9 Å². The van der Waals surface area contributed by atoms with Gasteiger partial charge < -0.3 is 19.5 Å². The van der Waals surface area contributed by atoms with E-state index in [9.17, 15) is 9.90 Å². The normalized spacial score (nSPS) is 18.0. The molecule has 41 heavy (non-hydrogen) atoms. The van der Waals surface area contributed by atoms with Crippen molar-refractivity contribution in [3.05, 3.63) is 77.1 Å². The van der Waals surface area contributed by atoms with E-state index in [2.05, 4.69) is 31.8 Å². The lowest BCUT2D eigenvalue weighted by Gasteiger charge is -2.32. The molecule has 0 aliphatic carbocycles. The van der Waals surface area contributed by atoms with Crippen LogP contribution in [0.15, 0.2) is 43.1 Å². The van der Waals surface area contributed by atoms with Crippen LogP contribution in [-0.4, -0.2) is 72.7 Å². The predicted molar refractivity (Wildman–Crippen MR) is 150 cm³/mol. The molecule has 5 heterocycles. The Morgan fingerprint density at radius 1 is 1.02 bits per heavy atom. The second kappa shape index (κ2) is 11.5. The fraction of sp³-hybridized carbons (Fsp3) is 0.433. The molecule has 6 rings (SSSR count). The summed E-state index contributed by atoms with van der Waals surface area (Å²) in [7, 11) is 0. The maximum atomic E-state index is 15.3. The second-order valence-electron chi connectivity index (χ2n) is 10.9. The molecule has 0 bridgehead atoms. The number of nitrogens with zero attached hydrogens (tertiary/aromatic N) is 7. The number of aromatic nitrogens is 5. The Bertz CT molecular complexity index is 1550. The molecule has 0 saturated carbocycles. The van der Waals surface area contributed by atoms with Gasteiger partial charge in [-0.1, -0.05) is 19.4 Å². The van der Waals surface area contributed by atoms with E-state index in [1.54, 1.807) is 12.1 Å². The van der Waals surface area contributed by atoms with Gasteiger partial charge in [-0.15, -0.1) is 0 Å². The Morgan fingerprint density at radius 3 is 2.49 bits per heavy atom. The van der Waals surface area contributed by atoms with Crippen molar-refractivity contribution < 1.29 is 18.7 Å². The largest absolute Gasteiger partial charge is 0.391 e. The number of aryl methyl sites for hydroxylation is 1. The van der Waals surface area contributed by atoms with E-state index in [1.807, 2.05) is 17.0 Å². The predicted octanol–water partition coefficient (Wildman–Crippen LogP) is 4.09. The Labute approximate surface area is 236 Å². The molecule has 1 amide bonds. The van der Waals surface area contributed by atoms with Gasteiger partial charge in [0.25, 0.3) is 5.91 Å². The summed E-state index contributed by atoms with van der Waals surface area (Å²) in [5.74, 6) is -0.595. The van der Waals surface area contributed by atoms with Crippen LogP contribution in [0.25, 0.3) is 11.0 Å². The number of β-amino-alcohol motifs (C(OH)–C–C–N with tert-alkyl or cyclic N) is 1. The van der Waals surface area contributed by atoms with Crippen LogP contribution in [0.2, 0.25) is 0 Å². The van der Waals surface area contributed by atoms with Crippen molar-refractivity contribution in [2.24, 2.45) is 0 Å². The van der Waals surface area contributed by atoms with Gasteiger partial charge in [0.2, 0.25) is 5.95 Å². The molecule has 0 unspecified atom stereocenters. The fourth-order valence-corrected chi connectivity index (χ4v) is 5.90. The van der Waals surface area contributed by atoms with Crippen molar-refractivity contribution in [3.63, 3.8) is 0 Å². The van der Waals surface area contributed by atoms with Gasteiger partial charge in [0.05, 0.1) is 17.2 Å². The van der Waals surface area contributed by atoms with Crippen molar-refractivity contribution in [2.45, 2.75) is 57.6 Å². The molecule has 4 aromatic rings. The minimum atomic E-state index is -0.556. The zero-order valence-corrected chi connectivity index (χ0v) is 23.0. The van der Waals surface area contributed by atoms with Crippen LogP contribution in [0.1, 0.15) is 65.8 Å². The lowest BCUT2D eigenvalue weighted by atomic mass is 10.0. The molecule has 2 aliphatic heterocycles. The maximum absolute atomic E-state index is 15.3. The Hall–Kier alpha value is -3.99. The molecule has 2 saturated heterocycles. The van der Waals surface area contributed by atoms with Crippen LogP contribution >= 0.6 is 0 Å². The van der Waals surface area contributed by atoms with E-state index in [0.29, 0.717) is 35.8 Å². The highest BCUT2D eigenvalue weighted by molar-refractivity contribution is 5.94. The number of rotatable bonds is 7. The number of amides is 1. The first-order valence-electron chi connectivity index (χ1n) is 14.2. The number of carbonyl (C=O) groups excluding carboxylic acids is 1. The van der Waals surface area contributed by atoms with Gasteiger partial charge in [-0.25, -0.2) is 28.7 Å². The molecular formula is C30H33F2N7O2. The van der Waals surface area contributed by atoms with Gasteiger partial charge in [-0.3, -0.25) is 4.79 Å². The zero-order valence-electron chi connectivity index (χ0n) is 23.0. The number of piperidine rings is 1. The summed E-state index contributed by atoms with van der Waals surface area (Å²) in [5.41, 5.74) is 2.55. The van der Waals surface area contributed by atoms with Gasteiger partial charge in [0.15, 0.2) is 5.82 Å². The quantitative estimate of drug-likeness (QED) is 0.363. The average molecular weight is 562 g/mol. The first-order chi connectivity index (χ1) is 19.9. The van der Waals surface area contributed by atoms with Gasteiger partial charge in [0, 0.05) is 62.8 Å². The van der Waals surface area contributed by atoms with Crippen molar-refractivity contribution in [3.8, 4) is 0 Å². The summed E-state index contributed by atoms with van der Waals surface area (Å²) in [4.78, 5) is 34.1. The number of halogens is 2. The van der Waals surface area contributed by atoms with Gasteiger partial charge >= 0.3 is 0 Å². The number of benzene rings is 1. The monoisotopic (exact) mass is 561 g/mol. The van der Waals surface area contributed by atoms with Crippen LogP contribution in [0.3, 0.4) is 0 Å². The average Bonchev–Trinajstić information content (AvgIpc) is 3.58. The van der Waals surface area contributed by atoms with Gasteiger partial charge in [0.1, 0.15) is 17.8 Å². The number of hydrogen-bond donors (Lipinski definition) is 1. The van der Waals surface area contributed by atoms with Gasteiger partial charge in [-0.2, -0.15) is 0 Å². The number of likely N-dealkylation sites (tertiary alicyclic amines) is 1. The Kier molecular flexibility index (Phi) is 7.61. The number of carbonyl (C=O) groups is 1. The minimum Gasteiger partial charge on any atom is -0.391 e. The number of hydrogen-bond acceptors (Lipinski definition) is 7. The van der Waals surface area contributed by atoms with E-state index >= 15 is 8.78 Å². The molecule has 1 atom stereocenters. The van der Waals surface area contributed by atoms with Crippen LogP contribution in [0, 0.1) is 11.6 Å².